The van der Waals surface area contributed by atoms with Gasteiger partial charge in [0, 0.05) is 13.0 Å². The van der Waals surface area contributed by atoms with Gasteiger partial charge in [-0.2, -0.15) is 0 Å². The van der Waals surface area contributed by atoms with Gasteiger partial charge in [0.1, 0.15) is 6.10 Å². The lowest BCUT2D eigenvalue weighted by Crippen LogP contribution is -2.19. The highest BCUT2D eigenvalue weighted by atomic mass is 16.5. The second kappa shape index (κ2) is 14.0. The zero-order valence-corrected chi connectivity index (χ0v) is 20.0. The molecule has 0 aliphatic heterocycles. The second-order valence-corrected chi connectivity index (χ2v) is 8.28. The molecule has 0 saturated heterocycles. The Labute approximate surface area is 197 Å². The highest BCUT2D eigenvalue weighted by molar-refractivity contribution is 5.70. The summed E-state index contributed by atoms with van der Waals surface area (Å²) in [6.45, 7) is 5.02. The van der Waals surface area contributed by atoms with Crippen LogP contribution in [-0.4, -0.2) is 42.7 Å². The molecule has 176 valence electrons. The van der Waals surface area contributed by atoms with E-state index in [0.29, 0.717) is 0 Å². The van der Waals surface area contributed by atoms with Crippen LogP contribution in [0.4, 0.5) is 0 Å². The molecular weight excluding hydrogens is 414 g/mol. The van der Waals surface area contributed by atoms with Crippen LogP contribution in [0, 0.1) is 0 Å². The fourth-order valence-electron chi connectivity index (χ4n) is 3.16. The Hall–Kier alpha value is -3.31. The summed E-state index contributed by atoms with van der Waals surface area (Å²) < 4.78 is 12.2. The highest BCUT2D eigenvalue weighted by Crippen LogP contribution is 2.33. The summed E-state index contributed by atoms with van der Waals surface area (Å²) >= 11 is 0. The summed E-state index contributed by atoms with van der Waals surface area (Å²) in [4.78, 5) is 12.3. The van der Waals surface area contributed by atoms with E-state index < -0.39 is 5.97 Å². The van der Waals surface area contributed by atoms with Crippen molar-refractivity contribution in [3.8, 4) is 11.5 Å². The van der Waals surface area contributed by atoms with Gasteiger partial charge in [-0.3, -0.25) is 4.79 Å². The molecular formula is C28H35NO4. The van der Waals surface area contributed by atoms with Gasteiger partial charge in [-0.05, 0) is 51.2 Å². The van der Waals surface area contributed by atoms with E-state index in [1.165, 1.54) is 5.56 Å². The fourth-order valence-corrected chi connectivity index (χ4v) is 3.16. The van der Waals surface area contributed by atoms with Gasteiger partial charge in [0.05, 0.1) is 12.5 Å². The number of hydrogen-bond donors (Lipinski definition) is 1. The van der Waals surface area contributed by atoms with Crippen LogP contribution >= 0.6 is 0 Å². The third-order valence-electron chi connectivity index (χ3n) is 4.69. The van der Waals surface area contributed by atoms with Crippen LogP contribution in [0.15, 0.2) is 84.9 Å². The number of nitrogens with zero attached hydrogens (tertiary/aromatic N) is 1. The molecule has 0 amide bonds. The first-order valence-electron chi connectivity index (χ1n) is 11.2. The van der Waals surface area contributed by atoms with Crippen molar-refractivity contribution >= 4 is 5.97 Å². The Kier molecular flexibility index (Phi) is 11.0. The summed E-state index contributed by atoms with van der Waals surface area (Å²) in [5.41, 5.74) is 2.03. The Morgan fingerprint density at radius 2 is 1.33 bits per heavy atom. The molecule has 5 nitrogen and oxygen atoms in total. The molecule has 0 spiro atoms. The molecule has 33 heavy (non-hydrogen) atoms. The zero-order valence-electron chi connectivity index (χ0n) is 20.0. The molecule has 0 aromatic heterocycles. The first-order chi connectivity index (χ1) is 15.8. The van der Waals surface area contributed by atoms with Gasteiger partial charge >= 0.3 is 5.97 Å². The van der Waals surface area contributed by atoms with Crippen LogP contribution in [0.5, 0.6) is 11.5 Å². The molecule has 1 atom stereocenters. The molecule has 5 heteroatoms. The van der Waals surface area contributed by atoms with E-state index in [1.54, 1.807) is 12.1 Å². The third kappa shape index (κ3) is 10.2. The van der Waals surface area contributed by atoms with Crippen molar-refractivity contribution < 1.29 is 19.4 Å². The Morgan fingerprint density at radius 1 is 0.818 bits per heavy atom. The van der Waals surface area contributed by atoms with Crippen molar-refractivity contribution in [1.82, 2.24) is 4.90 Å². The van der Waals surface area contributed by atoms with Crippen molar-refractivity contribution in [3.05, 3.63) is 96.1 Å². The van der Waals surface area contributed by atoms with E-state index in [2.05, 4.69) is 43.3 Å². The third-order valence-corrected chi connectivity index (χ3v) is 4.69. The van der Waals surface area contributed by atoms with Crippen molar-refractivity contribution in [2.75, 3.05) is 20.6 Å². The minimum atomic E-state index is -0.786. The maximum Gasteiger partial charge on any atom is 0.307 e. The Balaban J connectivity index is 0.000000321. The van der Waals surface area contributed by atoms with Crippen molar-refractivity contribution in [3.63, 3.8) is 0 Å². The van der Waals surface area contributed by atoms with E-state index in [1.807, 2.05) is 62.4 Å². The molecule has 3 rings (SSSR count). The number of benzene rings is 3. The molecule has 0 saturated carbocycles. The number of ether oxygens (including phenoxy) is 2. The van der Waals surface area contributed by atoms with Gasteiger partial charge in [0.15, 0.2) is 11.5 Å². The van der Waals surface area contributed by atoms with Gasteiger partial charge in [0.2, 0.25) is 0 Å². The number of carboxylic acids is 1. The average molecular weight is 450 g/mol. The predicted octanol–water partition coefficient (Wildman–Crippen LogP) is 5.86. The van der Waals surface area contributed by atoms with E-state index in [4.69, 9.17) is 14.6 Å². The van der Waals surface area contributed by atoms with E-state index in [-0.39, 0.29) is 18.6 Å². The number of hydrogen-bond acceptors (Lipinski definition) is 4. The van der Waals surface area contributed by atoms with Crippen molar-refractivity contribution in [1.29, 1.82) is 0 Å². The van der Waals surface area contributed by atoms with Crippen LogP contribution in [0.2, 0.25) is 0 Å². The minimum Gasteiger partial charge on any atom is -0.487 e. The van der Waals surface area contributed by atoms with Crippen LogP contribution in [-0.2, 0) is 11.2 Å². The molecule has 0 heterocycles. The Bertz CT molecular complexity index is 942. The predicted molar refractivity (Wildman–Crippen MR) is 133 cm³/mol. The van der Waals surface area contributed by atoms with Gasteiger partial charge < -0.3 is 19.5 Å². The van der Waals surface area contributed by atoms with Gasteiger partial charge in [-0.15, -0.1) is 0 Å². The van der Waals surface area contributed by atoms with E-state index >= 15 is 0 Å². The molecule has 0 bridgehead atoms. The van der Waals surface area contributed by atoms with Gasteiger partial charge in [-0.25, -0.2) is 0 Å². The number of aliphatic carboxylic acids is 1. The van der Waals surface area contributed by atoms with Crippen LogP contribution < -0.4 is 9.47 Å². The van der Waals surface area contributed by atoms with Crippen LogP contribution in [0.3, 0.4) is 0 Å². The minimum absolute atomic E-state index is 0.00973. The average Bonchev–Trinajstić information content (AvgIpc) is 2.78. The SMILES string of the molecule is CC(C)Oc1ccccc1OC(CCN(C)C)c1ccccc1.O=C(O)Cc1ccccc1. The standard InChI is InChI=1S/C20H27NO2.C8H8O2/c1-16(2)22-19-12-8-9-13-20(19)23-18(14-15-21(3)4)17-10-6-5-7-11-17;9-8(10)6-7-4-2-1-3-5-7/h5-13,16,18H,14-15H2,1-4H3;1-5H,6H2,(H,9,10). The second-order valence-electron chi connectivity index (χ2n) is 8.28. The summed E-state index contributed by atoms with van der Waals surface area (Å²) in [5, 5.41) is 8.37. The van der Waals surface area contributed by atoms with E-state index in [9.17, 15) is 4.79 Å². The van der Waals surface area contributed by atoms with Crippen LogP contribution in [0.1, 0.15) is 37.5 Å². The fraction of sp³-hybridized carbons (Fsp3) is 0.321. The monoisotopic (exact) mass is 449 g/mol. The summed E-state index contributed by atoms with van der Waals surface area (Å²) in [6, 6.07) is 27.4. The first-order valence-corrected chi connectivity index (χ1v) is 11.2. The van der Waals surface area contributed by atoms with Crippen LogP contribution in [0.25, 0.3) is 0 Å². The molecule has 0 aliphatic rings. The van der Waals surface area contributed by atoms with Crippen molar-refractivity contribution in [2.45, 2.75) is 38.9 Å². The first kappa shape index (κ1) is 25.9. The smallest absolute Gasteiger partial charge is 0.307 e. The van der Waals surface area contributed by atoms with Gasteiger partial charge in [-0.1, -0.05) is 72.8 Å². The van der Waals surface area contributed by atoms with Crippen molar-refractivity contribution in [2.24, 2.45) is 0 Å². The molecule has 1 N–H and O–H groups in total. The number of para-hydroxylation sites is 2. The number of carboxylic acid groups (broad SMARTS) is 1. The van der Waals surface area contributed by atoms with Gasteiger partial charge in [0.25, 0.3) is 0 Å². The lowest BCUT2D eigenvalue weighted by Gasteiger charge is -2.23. The quantitative estimate of drug-likeness (QED) is 0.420. The summed E-state index contributed by atoms with van der Waals surface area (Å²) in [5.74, 6) is 0.813. The summed E-state index contributed by atoms with van der Waals surface area (Å²) in [6.07, 6.45) is 1.17. The Morgan fingerprint density at radius 3 is 1.85 bits per heavy atom. The molecule has 3 aromatic rings. The molecule has 0 aliphatic carbocycles. The zero-order chi connectivity index (χ0) is 24.1. The summed E-state index contributed by atoms with van der Waals surface area (Å²) in [7, 11) is 4.16. The molecule has 0 radical (unpaired) electrons. The van der Waals surface area contributed by atoms with E-state index in [0.717, 1.165) is 30.0 Å². The lowest BCUT2D eigenvalue weighted by atomic mass is 10.1. The molecule has 0 fully saturated rings. The topological polar surface area (TPSA) is 59.0 Å². The lowest BCUT2D eigenvalue weighted by molar-refractivity contribution is -0.136. The number of rotatable bonds is 10. The largest absolute Gasteiger partial charge is 0.487 e. The molecule has 3 aromatic carbocycles. The maximum absolute atomic E-state index is 10.2. The normalized spacial score (nSPS) is 11.5. The highest BCUT2D eigenvalue weighted by Gasteiger charge is 2.16. The number of carbonyl (C=O) groups is 1. The maximum atomic E-state index is 10.2. The molecule has 1 unspecified atom stereocenters.